The van der Waals surface area contributed by atoms with Gasteiger partial charge in [-0.1, -0.05) is 46.3 Å². The van der Waals surface area contributed by atoms with Gasteiger partial charge in [-0.2, -0.15) is 0 Å². The van der Waals surface area contributed by atoms with E-state index in [0.29, 0.717) is 5.56 Å². The van der Waals surface area contributed by atoms with E-state index in [0.717, 1.165) is 21.2 Å². The summed E-state index contributed by atoms with van der Waals surface area (Å²) in [5, 5.41) is 23.3. The molecule has 2 rings (SSSR count). The summed E-state index contributed by atoms with van der Waals surface area (Å²) in [5.74, 6) is 0. The smallest absolute Gasteiger partial charge is 0.407 e. The Morgan fingerprint density at radius 3 is 2.38 bits per heavy atom. The Bertz CT molecular complexity index is 713. The van der Waals surface area contributed by atoms with Gasteiger partial charge in [0.25, 0.3) is 0 Å². The zero-order valence-electron chi connectivity index (χ0n) is 14.9. The molecule has 2 atom stereocenters. The van der Waals surface area contributed by atoms with Crippen LogP contribution in [-0.4, -0.2) is 29.0 Å². The summed E-state index contributed by atoms with van der Waals surface area (Å²) in [7, 11) is 0. The lowest BCUT2D eigenvalue weighted by atomic mass is 9.94. The highest BCUT2D eigenvalue weighted by Crippen LogP contribution is 2.28. The average Bonchev–Trinajstić information content (AvgIpc) is 2.59. The fraction of sp³-hybridized carbons (Fsp3) is 0.350. The Morgan fingerprint density at radius 2 is 1.77 bits per heavy atom. The molecule has 3 N–H and O–H groups in total. The molecular weight excluding hydrogens is 398 g/mol. The van der Waals surface area contributed by atoms with Crippen molar-refractivity contribution in [1.29, 1.82) is 0 Å². The topological polar surface area (TPSA) is 78.8 Å². The van der Waals surface area contributed by atoms with Crippen LogP contribution in [0.2, 0.25) is 0 Å². The number of rotatable bonds is 7. The summed E-state index contributed by atoms with van der Waals surface area (Å²) >= 11 is 3.42. The Labute approximate surface area is 162 Å². The second-order valence-corrected chi connectivity index (χ2v) is 7.16. The molecule has 0 aliphatic rings. The number of aliphatic hydroxyl groups is 2. The molecule has 0 heterocycles. The maximum Gasteiger partial charge on any atom is 0.407 e. The van der Waals surface area contributed by atoms with Gasteiger partial charge in [-0.3, -0.25) is 0 Å². The number of ether oxygens (including phenoxy) is 1. The molecule has 2 unspecified atom stereocenters. The van der Waals surface area contributed by atoms with E-state index >= 15 is 0 Å². The first-order chi connectivity index (χ1) is 12.4. The molecule has 2 aromatic rings. The van der Waals surface area contributed by atoms with Crippen LogP contribution >= 0.6 is 15.9 Å². The molecule has 0 saturated heterocycles. The van der Waals surface area contributed by atoms with Gasteiger partial charge in [-0.05, 0) is 54.7 Å². The number of hydrogen-bond donors (Lipinski definition) is 3. The molecule has 0 bridgehead atoms. The summed E-state index contributed by atoms with van der Waals surface area (Å²) in [4.78, 5) is 11.7. The van der Waals surface area contributed by atoms with Crippen LogP contribution in [0, 0.1) is 13.8 Å². The maximum absolute atomic E-state index is 11.7. The number of aliphatic hydroxyl groups excluding tert-OH is 2. The minimum absolute atomic E-state index is 0.190. The minimum atomic E-state index is -1.01. The molecular formula is C20H24BrNO4. The highest BCUT2D eigenvalue weighted by Gasteiger charge is 2.22. The molecule has 26 heavy (non-hydrogen) atoms. The van der Waals surface area contributed by atoms with Crippen LogP contribution in [-0.2, 0) is 11.3 Å². The molecule has 5 nitrogen and oxygen atoms in total. The largest absolute Gasteiger partial charge is 0.445 e. The van der Waals surface area contributed by atoms with Crippen LogP contribution in [0.25, 0.3) is 0 Å². The van der Waals surface area contributed by atoms with Gasteiger partial charge < -0.3 is 20.3 Å². The van der Waals surface area contributed by atoms with Crippen LogP contribution in [0.1, 0.15) is 34.8 Å². The van der Waals surface area contributed by atoms with Gasteiger partial charge in [0.15, 0.2) is 0 Å². The van der Waals surface area contributed by atoms with Crippen LogP contribution < -0.4 is 5.32 Å². The number of carbonyl (C=O) groups is 1. The molecule has 0 fully saturated rings. The van der Waals surface area contributed by atoms with Crippen molar-refractivity contribution in [3.05, 3.63) is 69.2 Å². The SMILES string of the molecule is Cc1cc(Br)cc(C)c1C(O)C(O)CCNC(=O)OCc1ccccc1. The molecule has 2 aromatic carbocycles. The first-order valence-electron chi connectivity index (χ1n) is 8.46. The zero-order chi connectivity index (χ0) is 19.1. The third kappa shape index (κ3) is 5.83. The number of carbonyl (C=O) groups excluding carboxylic acids is 1. The van der Waals surface area contributed by atoms with Crippen molar-refractivity contribution in [2.45, 2.75) is 39.1 Å². The fourth-order valence-electron chi connectivity index (χ4n) is 2.83. The van der Waals surface area contributed by atoms with Gasteiger partial charge >= 0.3 is 6.09 Å². The third-order valence-corrected chi connectivity index (χ3v) is 4.60. The van der Waals surface area contributed by atoms with Gasteiger partial charge in [-0.15, -0.1) is 0 Å². The van der Waals surface area contributed by atoms with E-state index in [-0.39, 0.29) is 19.6 Å². The van der Waals surface area contributed by atoms with E-state index in [9.17, 15) is 15.0 Å². The lowest BCUT2D eigenvalue weighted by Crippen LogP contribution is -2.30. The monoisotopic (exact) mass is 421 g/mol. The van der Waals surface area contributed by atoms with Crippen molar-refractivity contribution in [3.63, 3.8) is 0 Å². The molecule has 0 aromatic heterocycles. The number of alkyl carbamates (subject to hydrolysis) is 1. The van der Waals surface area contributed by atoms with Gasteiger partial charge in [0, 0.05) is 11.0 Å². The number of hydrogen-bond acceptors (Lipinski definition) is 4. The first-order valence-corrected chi connectivity index (χ1v) is 9.25. The van der Waals surface area contributed by atoms with E-state index < -0.39 is 18.3 Å². The van der Waals surface area contributed by atoms with Gasteiger partial charge in [0.1, 0.15) is 12.7 Å². The molecule has 140 valence electrons. The number of benzene rings is 2. The Kier molecular flexibility index (Phi) is 7.63. The molecule has 1 amide bonds. The molecule has 0 spiro atoms. The molecule has 6 heteroatoms. The standard InChI is InChI=1S/C20H24BrNO4/c1-13-10-16(21)11-14(2)18(13)19(24)17(23)8-9-22-20(25)26-12-15-6-4-3-5-7-15/h3-7,10-11,17,19,23-24H,8-9,12H2,1-2H3,(H,22,25). The van der Waals surface area contributed by atoms with Crippen molar-refractivity contribution in [2.75, 3.05) is 6.54 Å². The number of aryl methyl sites for hydroxylation is 2. The molecule has 0 saturated carbocycles. The van der Waals surface area contributed by atoms with Crippen LogP contribution in [0.5, 0.6) is 0 Å². The highest BCUT2D eigenvalue weighted by atomic mass is 79.9. The van der Waals surface area contributed by atoms with Crippen molar-refractivity contribution < 1.29 is 19.7 Å². The second-order valence-electron chi connectivity index (χ2n) is 6.24. The average molecular weight is 422 g/mol. The summed E-state index contributed by atoms with van der Waals surface area (Å²) < 4.78 is 6.04. The predicted octanol–water partition coefficient (Wildman–Crippen LogP) is 3.78. The van der Waals surface area contributed by atoms with Gasteiger partial charge in [-0.25, -0.2) is 4.79 Å². The fourth-order valence-corrected chi connectivity index (χ4v) is 3.52. The van der Waals surface area contributed by atoms with Crippen LogP contribution in [0.3, 0.4) is 0 Å². The Balaban J connectivity index is 1.79. The van der Waals surface area contributed by atoms with Crippen LogP contribution in [0.15, 0.2) is 46.9 Å². The van der Waals surface area contributed by atoms with Gasteiger partial charge in [0.2, 0.25) is 0 Å². The molecule has 0 aliphatic carbocycles. The van der Waals surface area contributed by atoms with Crippen molar-refractivity contribution in [1.82, 2.24) is 5.32 Å². The van der Waals surface area contributed by atoms with Crippen molar-refractivity contribution >= 4 is 22.0 Å². The maximum atomic E-state index is 11.7. The highest BCUT2D eigenvalue weighted by molar-refractivity contribution is 9.10. The summed E-state index contributed by atoms with van der Waals surface area (Å²) in [5.41, 5.74) is 3.42. The van der Waals surface area contributed by atoms with Crippen molar-refractivity contribution in [3.8, 4) is 0 Å². The Morgan fingerprint density at radius 1 is 1.15 bits per heavy atom. The number of amides is 1. The Hall–Kier alpha value is -1.89. The normalized spacial score (nSPS) is 13.1. The quantitative estimate of drug-likeness (QED) is 0.635. The zero-order valence-corrected chi connectivity index (χ0v) is 16.5. The number of nitrogens with one attached hydrogen (secondary N) is 1. The van der Waals surface area contributed by atoms with E-state index in [1.807, 2.05) is 56.3 Å². The van der Waals surface area contributed by atoms with E-state index in [2.05, 4.69) is 21.2 Å². The summed E-state index contributed by atoms with van der Waals surface area (Å²) in [6.45, 7) is 4.18. The third-order valence-electron chi connectivity index (χ3n) is 4.14. The first kappa shape index (κ1) is 20.4. The van der Waals surface area contributed by atoms with Gasteiger partial charge in [0.05, 0.1) is 6.10 Å². The minimum Gasteiger partial charge on any atom is -0.445 e. The van der Waals surface area contributed by atoms with E-state index in [1.54, 1.807) is 0 Å². The van der Waals surface area contributed by atoms with E-state index in [1.165, 1.54) is 0 Å². The van der Waals surface area contributed by atoms with Crippen LogP contribution in [0.4, 0.5) is 4.79 Å². The predicted molar refractivity (Wildman–Crippen MR) is 104 cm³/mol. The summed E-state index contributed by atoms with van der Waals surface area (Å²) in [6.07, 6.45) is -2.32. The summed E-state index contributed by atoms with van der Waals surface area (Å²) in [6, 6.07) is 13.2. The van der Waals surface area contributed by atoms with Crippen molar-refractivity contribution in [2.24, 2.45) is 0 Å². The number of halogens is 1. The molecule has 0 aliphatic heterocycles. The lowest BCUT2D eigenvalue weighted by molar-refractivity contribution is 0.0129. The van der Waals surface area contributed by atoms with E-state index in [4.69, 9.17) is 4.74 Å². The second kappa shape index (κ2) is 9.71. The molecule has 0 radical (unpaired) electrons. The lowest BCUT2D eigenvalue weighted by Gasteiger charge is -2.22.